The van der Waals surface area contributed by atoms with Gasteiger partial charge >= 0.3 is 11.9 Å². The summed E-state index contributed by atoms with van der Waals surface area (Å²) < 4.78 is 5.53. The number of ether oxygens (including phenoxy) is 1. The number of fused-ring (bicyclic) bond motifs is 1. The fraction of sp³-hybridized carbons (Fsp3) is 0.300. The predicted molar refractivity (Wildman–Crippen MR) is 213 cm³/mol. The number of alkyl halides is 1. The number of β-lactam (4-membered cyclic amide) rings is 1. The van der Waals surface area contributed by atoms with Crippen LogP contribution >= 0.6 is 34.7 Å². The van der Waals surface area contributed by atoms with Gasteiger partial charge in [-0.1, -0.05) is 96.2 Å². The summed E-state index contributed by atoms with van der Waals surface area (Å²) >= 11 is 8.51. The highest BCUT2D eigenvalue weighted by molar-refractivity contribution is 8.00. The van der Waals surface area contributed by atoms with Crippen LogP contribution in [0.25, 0.3) is 0 Å². The number of benzene rings is 3. The average Bonchev–Trinajstić information content (AvgIpc) is 3.63. The molecule has 15 heteroatoms. The molecular formula is C40H40ClN5O7S2. The highest BCUT2D eigenvalue weighted by atomic mass is 35.5. The highest BCUT2D eigenvalue weighted by Gasteiger charge is 2.54. The van der Waals surface area contributed by atoms with Crippen LogP contribution in [0.3, 0.4) is 0 Å². The van der Waals surface area contributed by atoms with Crippen molar-refractivity contribution in [3.05, 3.63) is 130 Å². The molecule has 0 saturated carbocycles. The third kappa shape index (κ3) is 8.12. The molecule has 3 N–H and O–H groups in total. The Kier molecular flexibility index (Phi) is 11.4. The molecule has 55 heavy (non-hydrogen) atoms. The number of thiazole rings is 1. The minimum atomic E-state index is -1.62. The lowest BCUT2D eigenvalue weighted by Gasteiger charge is -2.49. The maximum atomic E-state index is 14.2. The van der Waals surface area contributed by atoms with E-state index in [1.165, 1.54) is 36.9 Å². The zero-order valence-corrected chi connectivity index (χ0v) is 33.1. The number of carbonyl (C=O) groups is 4. The number of rotatable bonds is 13. The Labute approximate surface area is 331 Å². The van der Waals surface area contributed by atoms with Crippen LogP contribution in [0.2, 0.25) is 0 Å². The molecule has 2 atom stereocenters. The molecule has 12 nitrogen and oxygen atoms in total. The number of anilines is 1. The molecule has 0 radical (unpaired) electrons. The van der Waals surface area contributed by atoms with Crippen LogP contribution in [-0.4, -0.2) is 78.7 Å². The van der Waals surface area contributed by atoms with E-state index in [4.69, 9.17) is 26.2 Å². The van der Waals surface area contributed by atoms with Crippen molar-refractivity contribution in [2.24, 2.45) is 5.16 Å². The number of hydrogen-bond acceptors (Lipinski definition) is 11. The SMILES string of the molecule is CC(C)(C)OC(=O)C(C)(C)ON=C(C(=O)NC1C(=O)N2C(C(=O)O)=C(CCl)CS[C@@H]12)c1csc(NC(c2ccccc2)(c2ccccc2)c2ccccc2)n1. The number of carboxylic acid groups (broad SMARTS) is 1. The highest BCUT2D eigenvalue weighted by Crippen LogP contribution is 2.42. The number of esters is 1. The summed E-state index contributed by atoms with van der Waals surface area (Å²) in [6.45, 7) is 8.08. The zero-order chi connectivity index (χ0) is 39.5. The van der Waals surface area contributed by atoms with Gasteiger partial charge in [0.1, 0.15) is 33.9 Å². The van der Waals surface area contributed by atoms with Gasteiger partial charge in [-0.25, -0.2) is 14.6 Å². The number of nitrogens with one attached hydrogen (secondary N) is 2. The molecule has 2 aliphatic heterocycles. The molecular weight excluding hydrogens is 762 g/mol. The quantitative estimate of drug-likeness (QED) is 0.0347. The molecule has 6 rings (SSSR count). The first-order valence-electron chi connectivity index (χ1n) is 17.3. The summed E-state index contributed by atoms with van der Waals surface area (Å²) in [6.07, 6.45) is 0. The van der Waals surface area contributed by atoms with Gasteiger partial charge < -0.3 is 25.3 Å². The number of amides is 2. The number of aliphatic carboxylic acids is 1. The van der Waals surface area contributed by atoms with E-state index in [2.05, 4.69) is 15.8 Å². The summed E-state index contributed by atoms with van der Waals surface area (Å²) in [5.74, 6) is -3.20. The second kappa shape index (κ2) is 15.9. The summed E-state index contributed by atoms with van der Waals surface area (Å²) in [5, 5.41) is 21.8. The van der Waals surface area contributed by atoms with Crippen molar-refractivity contribution in [2.45, 2.75) is 62.8 Å². The zero-order valence-electron chi connectivity index (χ0n) is 30.7. The largest absolute Gasteiger partial charge is 0.477 e. The Morgan fingerprint density at radius 3 is 1.96 bits per heavy atom. The van der Waals surface area contributed by atoms with Crippen molar-refractivity contribution < 1.29 is 33.9 Å². The minimum absolute atomic E-state index is 0.0516. The molecule has 1 saturated heterocycles. The lowest BCUT2D eigenvalue weighted by Crippen LogP contribution is -2.71. The van der Waals surface area contributed by atoms with Crippen LogP contribution in [0.5, 0.6) is 0 Å². The third-order valence-corrected chi connectivity index (χ3v) is 11.3. The second-order valence-corrected chi connectivity index (χ2v) is 16.5. The molecule has 286 valence electrons. The lowest BCUT2D eigenvalue weighted by atomic mass is 9.77. The summed E-state index contributed by atoms with van der Waals surface area (Å²) in [7, 11) is 0. The molecule has 1 unspecified atom stereocenters. The molecule has 0 aliphatic carbocycles. The van der Waals surface area contributed by atoms with E-state index >= 15 is 0 Å². The molecule has 2 aliphatic rings. The molecule has 4 aromatic rings. The van der Waals surface area contributed by atoms with Gasteiger partial charge in [0.25, 0.3) is 11.8 Å². The Balaban J connectivity index is 1.37. The van der Waals surface area contributed by atoms with Gasteiger partial charge in [-0.15, -0.1) is 34.7 Å². The van der Waals surface area contributed by atoms with Crippen molar-refractivity contribution in [2.75, 3.05) is 16.9 Å². The van der Waals surface area contributed by atoms with Crippen molar-refractivity contribution in [1.82, 2.24) is 15.2 Å². The Morgan fingerprint density at radius 2 is 1.47 bits per heavy atom. The van der Waals surface area contributed by atoms with Gasteiger partial charge in [0.05, 0.1) is 0 Å². The van der Waals surface area contributed by atoms with Crippen LogP contribution in [0.1, 0.15) is 57.0 Å². The van der Waals surface area contributed by atoms with Crippen LogP contribution in [0.15, 0.2) is 113 Å². The first kappa shape index (κ1) is 39.5. The van der Waals surface area contributed by atoms with Crippen molar-refractivity contribution in [3.8, 4) is 0 Å². The second-order valence-electron chi connectivity index (χ2n) is 14.3. The van der Waals surface area contributed by atoms with Crippen LogP contribution in [0.4, 0.5) is 5.13 Å². The maximum absolute atomic E-state index is 14.2. The van der Waals surface area contributed by atoms with Gasteiger partial charge in [-0.2, -0.15) is 0 Å². The Bertz CT molecular complexity index is 2040. The topological polar surface area (TPSA) is 160 Å². The number of carbonyl (C=O) groups excluding carboxylic acids is 3. The van der Waals surface area contributed by atoms with Gasteiger partial charge in [0, 0.05) is 17.0 Å². The molecule has 3 aromatic carbocycles. The summed E-state index contributed by atoms with van der Waals surface area (Å²) in [4.78, 5) is 64.4. The Morgan fingerprint density at radius 1 is 0.927 bits per heavy atom. The van der Waals surface area contributed by atoms with Crippen LogP contribution in [-0.2, 0) is 34.3 Å². The van der Waals surface area contributed by atoms with E-state index in [9.17, 15) is 24.3 Å². The molecule has 3 heterocycles. The summed E-state index contributed by atoms with van der Waals surface area (Å²) in [5.41, 5.74) is -0.550. The van der Waals surface area contributed by atoms with E-state index < -0.39 is 51.9 Å². The summed E-state index contributed by atoms with van der Waals surface area (Å²) in [6, 6.07) is 28.7. The normalized spacial score (nSPS) is 17.5. The minimum Gasteiger partial charge on any atom is -0.477 e. The van der Waals surface area contributed by atoms with Gasteiger partial charge in [0.2, 0.25) is 5.60 Å². The van der Waals surface area contributed by atoms with Gasteiger partial charge in [-0.05, 0) is 56.9 Å². The monoisotopic (exact) mass is 801 g/mol. The molecule has 0 bridgehead atoms. The fourth-order valence-corrected chi connectivity index (χ4v) is 8.61. The lowest BCUT2D eigenvalue weighted by molar-refractivity contribution is -0.179. The number of halogens is 1. The third-order valence-electron chi connectivity index (χ3n) is 8.83. The number of hydrogen-bond donors (Lipinski definition) is 3. The van der Waals surface area contributed by atoms with Crippen LogP contribution in [0, 0.1) is 0 Å². The maximum Gasteiger partial charge on any atom is 0.353 e. The van der Waals surface area contributed by atoms with Gasteiger partial charge in [-0.3, -0.25) is 14.5 Å². The molecule has 0 spiro atoms. The molecule has 1 fully saturated rings. The number of nitrogens with zero attached hydrogens (tertiary/aromatic N) is 3. The molecule has 2 amide bonds. The van der Waals surface area contributed by atoms with E-state index in [-0.39, 0.29) is 28.7 Å². The van der Waals surface area contributed by atoms with Crippen molar-refractivity contribution in [3.63, 3.8) is 0 Å². The van der Waals surface area contributed by atoms with E-state index in [1.54, 1.807) is 26.2 Å². The first-order chi connectivity index (χ1) is 26.2. The Hall–Kier alpha value is -5.18. The van der Waals surface area contributed by atoms with Crippen LogP contribution < -0.4 is 10.6 Å². The van der Waals surface area contributed by atoms with E-state index in [1.807, 2.05) is 91.0 Å². The van der Waals surface area contributed by atoms with E-state index in [0.29, 0.717) is 10.7 Å². The smallest absolute Gasteiger partial charge is 0.353 e. The first-order valence-corrected chi connectivity index (χ1v) is 19.8. The number of carboxylic acids is 1. The standard InChI is InChI=1S/C40H40ClN5O7S2/c1-38(2,3)52-36(51)39(4,5)53-45-29(32(47)43-30-33(48)46-31(35(49)50)24(21-41)22-54-34(30)46)28-23-55-37(42-28)44-40(25-15-9-6-10-16-25,26-17-11-7-12-18-26)27-19-13-8-14-20-27/h6-20,23,30,34H,21-22H2,1-5H3,(H,42,44)(H,43,47)(H,49,50)/t30?,34-/m0/s1. The number of thioether (sulfide) groups is 1. The fourth-order valence-electron chi connectivity index (χ4n) is 6.18. The average molecular weight is 802 g/mol. The van der Waals surface area contributed by atoms with Crippen molar-refractivity contribution >= 4 is 69.3 Å². The number of aromatic nitrogens is 1. The van der Waals surface area contributed by atoms with E-state index in [0.717, 1.165) is 21.6 Å². The number of oxime groups is 1. The predicted octanol–water partition coefficient (Wildman–Crippen LogP) is 6.37. The molecule has 1 aromatic heterocycles. The van der Waals surface area contributed by atoms with Gasteiger partial charge in [0.15, 0.2) is 10.8 Å². The van der Waals surface area contributed by atoms with Crippen molar-refractivity contribution in [1.29, 1.82) is 0 Å².